The molecule has 0 heterocycles. The molecule has 2 amide bonds. The lowest BCUT2D eigenvalue weighted by atomic mass is 10.1. The number of fused-ring (bicyclic) bond motifs is 1. The Balaban J connectivity index is 1.73. The molecule has 134 valence electrons. The van der Waals surface area contributed by atoms with Gasteiger partial charge in [0.05, 0.1) is 0 Å². The van der Waals surface area contributed by atoms with E-state index in [1.165, 1.54) is 12.4 Å². The summed E-state index contributed by atoms with van der Waals surface area (Å²) in [4.78, 5) is 25.5. The number of amides is 2. The zero-order chi connectivity index (χ0) is 19.2. The zero-order valence-electron chi connectivity index (χ0n) is 14.6. The van der Waals surface area contributed by atoms with Crippen molar-refractivity contribution in [1.29, 1.82) is 0 Å². The lowest BCUT2D eigenvalue weighted by Gasteiger charge is -2.12. The first-order chi connectivity index (χ1) is 13.1. The van der Waals surface area contributed by atoms with E-state index in [0.29, 0.717) is 11.3 Å². The number of ether oxygens (including phenoxy) is 1. The van der Waals surface area contributed by atoms with Gasteiger partial charge >= 0.3 is 6.09 Å². The monoisotopic (exact) mass is 358 g/mol. The summed E-state index contributed by atoms with van der Waals surface area (Å²) in [7, 11) is 0. The number of nitrogens with one attached hydrogen (secondary N) is 1. The van der Waals surface area contributed by atoms with Crippen molar-refractivity contribution >= 4 is 28.5 Å². The van der Waals surface area contributed by atoms with Crippen LogP contribution in [0.2, 0.25) is 0 Å². The molecule has 0 unspecified atom stereocenters. The fourth-order valence-electron chi connectivity index (χ4n) is 2.58. The number of hydrogen-bond donors (Lipinski definition) is 1. The molecule has 0 spiro atoms. The van der Waals surface area contributed by atoms with Crippen molar-refractivity contribution in [2.75, 3.05) is 5.32 Å². The fourth-order valence-corrected chi connectivity index (χ4v) is 2.58. The highest BCUT2D eigenvalue weighted by Crippen LogP contribution is 2.24. The average molecular weight is 358 g/mol. The molecular formula is C22H18N2O3. The van der Waals surface area contributed by atoms with E-state index in [2.05, 4.69) is 18.5 Å². The molecule has 3 aromatic carbocycles. The van der Waals surface area contributed by atoms with E-state index >= 15 is 0 Å². The molecule has 5 nitrogen and oxygen atoms in total. The quantitative estimate of drug-likeness (QED) is 0.684. The first-order valence-electron chi connectivity index (χ1n) is 8.27. The van der Waals surface area contributed by atoms with Crippen LogP contribution in [0.1, 0.15) is 10.4 Å². The van der Waals surface area contributed by atoms with Crippen LogP contribution in [0.5, 0.6) is 5.75 Å². The van der Waals surface area contributed by atoms with E-state index in [-0.39, 0.29) is 5.91 Å². The fraction of sp³-hybridized carbons (Fsp3) is 0. The lowest BCUT2D eigenvalue weighted by molar-refractivity contribution is 0.102. The summed E-state index contributed by atoms with van der Waals surface area (Å²) in [5.74, 6) is 0.0680. The first-order valence-corrected chi connectivity index (χ1v) is 8.27. The minimum Gasteiger partial charge on any atom is -0.410 e. The summed E-state index contributed by atoms with van der Waals surface area (Å²) in [6, 6.07) is 19.9. The number of carbonyl (C=O) groups excluding carboxylic acids is 2. The Labute approximate surface area is 157 Å². The van der Waals surface area contributed by atoms with E-state index in [0.717, 1.165) is 21.4 Å². The van der Waals surface area contributed by atoms with Gasteiger partial charge in [0.25, 0.3) is 5.91 Å². The first kappa shape index (κ1) is 17.9. The minimum absolute atomic E-state index is 0.247. The summed E-state index contributed by atoms with van der Waals surface area (Å²) in [5, 5.41) is 4.93. The second kappa shape index (κ2) is 8.01. The Morgan fingerprint density at radius 2 is 1.56 bits per heavy atom. The van der Waals surface area contributed by atoms with Gasteiger partial charge in [0.15, 0.2) is 0 Å². The molecule has 1 N–H and O–H groups in total. The van der Waals surface area contributed by atoms with Gasteiger partial charge in [0.1, 0.15) is 5.75 Å². The molecule has 0 saturated heterocycles. The number of benzene rings is 3. The highest BCUT2D eigenvalue weighted by Gasteiger charge is 2.12. The summed E-state index contributed by atoms with van der Waals surface area (Å²) < 4.78 is 5.18. The molecule has 0 fully saturated rings. The van der Waals surface area contributed by atoms with Gasteiger partial charge in [0, 0.05) is 29.0 Å². The molecule has 0 radical (unpaired) electrons. The summed E-state index contributed by atoms with van der Waals surface area (Å²) in [6.07, 6.45) is 1.95. The van der Waals surface area contributed by atoms with Crippen molar-refractivity contribution < 1.29 is 14.3 Å². The summed E-state index contributed by atoms with van der Waals surface area (Å²) in [5.41, 5.74) is 1.19. The van der Waals surface area contributed by atoms with Crippen LogP contribution in [0, 0.1) is 0 Å². The molecule has 0 aliphatic heterocycles. The summed E-state index contributed by atoms with van der Waals surface area (Å²) >= 11 is 0. The number of rotatable bonds is 5. The van der Waals surface area contributed by atoms with Gasteiger partial charge in [0.2, 0.25) is 0 Å². The lowest BCUT2D eigenvalue weighted by Crippen LogP contribution is -2.23. The molecule has 3 rings (SSSR count). The summed E-state index contributed by atoms with van der Waals surface area (Å²) in [6.45, 7) is 6.99. The maximum atomic E-state index is 12.5. The Kier molecular flexibility index (Phi) is 5.33. The van der Waals surface area contributed by atoms with Crippen LogP contribution in [0.15, 0.2) is 92.3 Å². The molecule has 27 heavy (non-hydrogen) atoms. The van der Waals surface area contributed by atoms with Crippen LogP contribution >= 0.6 is 0 Å². The van der Waals surface area contributed by atoms with Crippen molar-refractivity contribution in [3.8, 4) is 5.75 Å². The van der Waals surface area contributed by atoms with Gasteiger partial charge in [-0.3, -0.25) is 9.69 Å². The average Bonchev–Trinajstić information content (AvgIpc) is 2.70. The van der Waals surface area contributed by atoms with Crippen LogP contribution in [-0.4, -0.2) is 16.9 Å². The standard InChI is InChI=1S/C22H18N2O3/c1-3-24(4-2)22(26)27-18-14-12-17(13-15-18)21(25)23-20-11-7-9-16-8-5-6-10-19(16)20/h3-15H,1-2H2,(H,23,25). The predicted molar refractivity (Wildman–Crippen MR) is 107 cm³/mol. The molecule has 0 atom stereocenters. The second-order valence-corrected chi connectivity index (χ2v) is 5.65. The third-order valence-corrected chi connectivity index (χ3v) is 3.96. The zero-order valence-corrected chi connectivity index (χ0v) is 14.6. The number of hydrogen-bond acceptors (Lipinski definition) is 3. The van der Waals surface area contributed by atoms with Crippen LogP contribution in [0.25, 0.3) is 10.8 Å². The molecule has 0 aliphatic rings. The molecule has 3 aromatic rings. The number of nitrogens with zero attached hydrogens (tertiary/aromatic N) is 1. The van der Waals surface area contributed by atoms with E-state index in [9.17, 15) is 9.59 Å². The van der Waals surface area contributed by atoms with Crippen LogP contribution in [0.4, 0.5) is 10.5 Å². The highest BCUT2D eigenvalue weighted by atomic mass is 16.6. The van der Waals surface area contributed by atoms with E-state index in [1.54, 1.807) is 24.3 Å². The third kappa shape index (κ3) is 4.04. The second-order valence-electron chi connectivity index (χ2n) is 5.65. The molecule has 5 heteroatoms. The molecule has 0 saturated carbocycles. The number of carbonyl (C=O) groups is 2. The van der Waals surface area contributed by atoms with E-state index < -0.39 is 6.09 Å². The predicted octanol–water partition coefficient (Wildman–Crippen LogP) is 5.18. The Morgan fingerprint density at radius 1 is 0.889 bits per heavy atom. The Hall–Kier alpha value is -3.86. The van der Waals surface area contributed by atoms with Crippen molar-refractivity contribution in [2.24, 2.45) is 0 Å². The van der Waals surface area contributed by atoms with Gasteiger partial charge in [-0.25, -0.2) is 4.79 Å². The number of anilines is 1. The largest absolute Gasteiger partial charge is 0.423 e. The van der Waals surface area contributed by atoms with Crippen molar-refractivity contribution in [2.45, 2.75) is 0 Å². The van der Waals surface area contributed by atoms with Gasteiger partial charge in [-0.05, 0) is 35.7 Å². The van der Waals surface area contributed by atoms with Crippen molar-refractivity contribution in [1.82, 2.24) is 4.90 Å². The van der Waals surface area contributed by atoms with Crippen LogP contribution in [-0.2, 0) is 0 Å². The minimum atomic E-state index is -0.632. The van der Waals surface area contributed by atoms with Crippen molar-refractivity contribution in [3.63, 3.8) is 0 Å². The van der Waals surface area contributed by atoms with Gasteiger partial charge in [-0.2, -0.15) is 0 Å². The molecular weight excluding hydrogens is 340 g/mol. The maximum Gasteiger partial charge on any atom is 0.423 e. The Bertz CT molecular complexity index is 996. The maximum absolute atomic E-state index is 12.5. The molecule has 0 aromatic heterocycles. The third-order valence-electron chi connectivity index (χ3n) is 3.96. The van der Waals surface area contributed by atoms with Crippen LogP contribution < -0.4 is 10.1 Å². The Morgan fingerprint density at radius 3 is 2.26 bits per heavy atom. The van der Waals surface area contributed by atoms with Crippen molar-refractivity contribution in [3.05, 3.63) is 97.9 Å². The van der Waals surface area contributed by atoms with Gasteiger partial charge < -0.3 is 10.1 Å². The highest BCUT2D eigenvalue weighted by molar-refractivity contribution is 6.09. The topological polar surface area (TPSA) is 58.6 Å². The van der Waals surface area contributed by atoms with Crippen LogP contribution in [0.3, 0.4) is 0 Å². The molecule has 0 bridgehead atoms. The molecule has 0 aliphatic carbocycles. The van der Waals surface area contributed by atoms with E-state index in [4.69, 9.17) is 4.74 Å². The van der Waals surface area contributed by atoms with Gasteiger partial charge in [-0.1, -0.05) is 49.6 Å². The normalized spacial score (nSPS) is 10.1. The smallest absolute Gasteiger partial charge is 0.410 e. The SMILES string of the molecule is C=CN(C=C)C(=O)Oc1ccc(C(=O)Nc2cccc3ccccc23)cc1. The van der Waals surface area contributed by atoms with E-state index in [1.807, 2.05) is 42.5 Å². The van der Waals surface area contributed by atoms with Gasteiger partial charge in [-0.15, -0.1) is 0 Å².